The van der Waals surface area contributed by atoms with Crippen LogP contribution in [0.5, 0.6) is 0 Å². The van der Waals surface area contributed by atoms with Crippen LogP contribution in [0.15, 0.2) is 40.8 Å². The molecule has 1 aromatic heterocycles. The van der Waals surface area contributed by atoms with E-state index >= 15 is 0 Å². The lowest BCUT2D eigenvalue weighted by molar-refractivity contribution is -0.121. The lowest BCUT2D eigenvalue weighted by Gasteiger charge is -2.34. The zero-order valence-corrected chi connectivity index (χ0v) is 16.2. The molecule has 140 valence electrons. The Morgan fingerprint density at radius 2 is 2.04 bits per heavy atom. The molecule has 1 atom stereocenters. The summed E-state index contributed by atoms with van der Waals surface area (Å²) in [6, 6.07) is 7.55. The normalized spacial score (nSPS) is 27.2. The van der Waals surface area contributed by atoms with Crippen molar-refractivity contribution in [3.05, 3.63) is 41.4 Å². The summed E-state index contributed by atoms with van der Waals surface area (Å²) in [5.74, 6) is 0.713. The molecule has 1 saturated carbocycles. The Kier molecular flexibility index (Phi) is 4.91. The van der Waals surface area contributed by atoms with Crippen LogP contribution in [0.4, 0.5) is 10.8 Å². The van der Waals surface area contributed by atoms with Gasteiger partial charge in [0.25, 0.3) is 0 Å². The summed E-state index contributed by atoms with van der Waals surface area (Å²) in [4.78, 5) is 34.0. The third kappa shape index (κ3) is 3.72. The third-order valence-corrected chi connectivity index (χ3v) is 6.44. The molecule has 0 bridgehead atoms. The van der Waals surface area contributed by atoms with E-state index in [1.807, 2.05) is 42.8 Å². The van der Waals surface area contributed by atoms with Crippen LogP contribution < -0.4 is 5.32 Å². The van der Waals surface area contributed by atoms with Gasteiger partial charge in [-0.3, -0.25) is 14.6 Å². The minimum absolute atomic E-state index is 0.0365. The Bertz CT molecular complexity index is 869. The summed E-state index contributed by atoms with van der Waals surface area (Å²) in [6.07, 6.45) is 7.98. The fourth-order valence-electron chi connectivity index (χ4n) is 4.22. The molecular formula is C21H23N3O2S. The molecule has 1 fully saturated rings. The van der Waals surface area contributed by atoms with E-state index in [1.165, 1.54) is 11.3 Å². The van der Waals surface area contributed by atoms with Crippen LogP contribution in [-0.2, 0) is 4.79 Å². The highest BCUT2D eigenvalue weighted by atomic mass is 32.1. The van der Waals surface area contributed by atoms with Gasteiger partial charge >= 0.3 is 0 Å². The van der Waals surface area contributed by atoms with E-state index in [-0.39, 0.29) is 17.6 Å². The number of amides is 1. The highest BCUT2D eigenvalue weighted by molar-refractivity contribution is 7.13. The molecule has 2 aliphatic rings. The number of carbonyl (C=O) groups excluding carboxylic acids is 2. The van der Waals surface area contributed by atoms with E-state index in [1.54, 1.807) is 6.20 Å². The first-order chi connectivity index (χ1) is 13.0. The quantitative estimate of drug-likeness (QED) is 0.820. The number of ketones is 1. The van der Waals surface area contributed by atoms with Crippen molar-refractivity contribution in [3.8, 4) is 0 Å². The number of benzene rings is 1. The molecule has 0 radical (unpaired) electrons. The summed E-state index contributed by atoms with van der Waals surface area (Å²) in [5.41, 5.74) is 0.941. The molecule has 0 spiro atoms. The number of fused-ring (bicyclic) bond motifs is 1. The Balaban J connectivity index is 1.35. The minimum Gasteiger partial charge on any atom is -0.302 e. The van der Waals surface area contributed by atoms with E-state index < -0.39 is 5.41 Å². The molecule has 2 heterocycles. The van der Waals surface area contributed by atoms with E-state index in [2.05, 4.69) is 15.3 Å². The van der Waals surface area contributed by atoms with Crippen molar-refractivity contribution in [1.82, 2.24) is 4.98 Å². The molecule has 1 aromatic carbocycles. The number of carbonyl (C=O) groups is 2. The highest BCUT2D eigenvalue weighted by Gasteiger charge is 2.39. The van der Waals surface area contributed by atoms with Gasteiger partial charge in [0.1, 0.15) is 0 Å². The number of hydrogen-bond donors (Lipinski definition) is 1. The molecule has 1 amide bonds. The van der Waals surface area contributed by atoms with Crippen molar-refractivity contribution in [1.29, 1.82) is 0 Å². The summed E-state index contributed by atoms with van der Waals surface area (Å²) >= 11 is 1.44. The lowest BCUT2D eigenvalue weighted by Crippen LogP contribution is -2.36. The number of para-hydroxylation sites is 1. The zero-order chi connectivity index (χ0) is 18.9. The van der Waals surface area contributed by atoms with Crippen LogP contribution >= 0.6 is 11.3 Å². The SMILES string of the molecule is CC1(CC2CCC(C(=O)Nc3nccs3)CC2)C=Nc2ccccc2C1=O. The lowest BCUT2D eigenvalue weighted by atomic mass is 9.70. The Labute approximate surface area is 162 Å². The van der Waals surface area contributed by atoms with Gasteiger partial charge in [-0.05, 0) is 57.1 Å². The monoisotopic (exact) mass is 381 g/mol. The second kappa shape index (κ2) is 7.35. The standard InChI is InChI=1S/C21H23N3O2S/c1-21(13-23-17-5-3-2-4-16(17)18(21)25)12-14-6-8-15(9-7-14)19(26)24-20-22-10-11-27-20/h2-5,10-11,13-15H,6-9,12H2,1H3,(H,22,24,26). The van der Waals surface area contributed by atoms with Crippen molar-refractivity contribution < 1.29 is 9.59 Å². The first-order valence-corrected chi connectivity index (χ1v) is 10.3. The molecule has 1 aliphatic carbocycles. The third-order valence-electron chi connectivity index (χ3n) is 5.75. The maximum absolute atomic E-state index is 13.0. The highest BCUT2D eigenvalue weighted by Crippen LogP contribution is 2.41. The summed E-state index contributed by atoms with van der Waals surface area (Å²) in [7, 11) is 0. The zero-order valence-electron chi connectivity index (χ0n) is 15.4. The van der Waals surface area contributed by atoms with Gasteiger partial charge in [-0.2, -0.15) is 0 Å². The number of anilines is 1. The molecule has 5 nitrogen and oxygen atoms in total. The van der Waals surface area contributed by atoms with Crippen LogP contribution in [0.3, 0.4) is 0 Å². The van der Waals surface area contributed by atoms with Crippen molar-refractivity contribution >= 4 is 40.1 Å². The van der Waals surface area contributed by atoms with Gasteiger partial charge in [0.2, 0.25) is 5.91 Å². The average molecular weight is 382 g/mol. The molecule has 27 heavy (non-hydrogen) atoms. The maximum Gasteiger partial charge on any atom is 0.229 e. The van der Waals surface area contributed by atoms with E-state index in [4.69, 9.17) is 0 Å². The fraction of sp³-hybridized carbons (Fsp3) is 0.429. The molecule has 6 heteroatoms. The van der Waals surface area contributed by atoms with Crippen LogP contribution in [0.2, 0.25) is 0 Å². The van der Waals surface area contributed by atoms with Gasteiger partial charge in [0, 0.05) is 29.3 Å². The minimum atomic E-state index is -0.547. The number of aromatic nitrogens is 1. The number of nitrogens with zero attached hydrogens (tertiary/aromatic N) is 2. The Morgan fingerprint density at radius 3 is 2.78 bits per heavy atom. The van der Waals surface area contributed by atoms with Crippen molar-refractivity contribution in [2.24, 2.45) is 22.2 Å². The first kappa shape index (κ1) is 18.0. The molecule has 1 unspecified atom stereocenters. The van der Waals surface area contributed by atoms with Gasteiger partial charge in [0.05, 0.1) is 11.1 Å². The number of Topliss-reactive ketones (excluding diaryl/α,β-unsaturated/α-hetero) is 1. The van der Waals surface area contributed by atoms with Gasteiger partial charge < -0.3 is 5.32 Å². The summed E-state index contributed by atoms with van der Waals surface area (Å²) < 4.78 is 0. The number of aliphatic imine (C=N–C) groups is 1. The molecule has 4 rings (SSSR count). The number of thiazole rings is 1. The smallest absolute Gasteiger partial charge is 0.229 e. The van der Waals surface area contributed by atoms with Crippen molar-refractivity contribution in [2.45, 2.75) is 39.0 Å². The average Bonchev–Trinajstić information content (AvgIpc) is 3.19. The molecule has 1 aliphatic heterocycles. The molecular weight excluding hydrogens is 358 g/mol. The molecule has 0 saturated heterocycles. The van der Waals surface area contributed by atoms with Crippen molar-refractivity contribution in [3.63, 3.8) is 0 Å². The summed E-state index contributed by atoms with van der Waals surface area (Å²) in [6.45, 7) is 2.00. The number of rotatable bonds is 4. The molecule has 2 aromatic rings. The number of hydrogen-bond acceptors (Lipinski definition) is 5. The van der Waals surface area contributed by atoms with E-state index in [0.717, 1.165) is 43.4 Å². The fourth-order valence-corrected chi connectivity index (χ4v) is 4.75. The number of nitrogens with one attached hydrogen (secondary N) is 1. The second-order valence-electron chi connectivity index (χ2n) is 7.77. The van der Waals surface area contributed by atoms with E-state index in [0.29, 0.717) is 11.0 Å². The van der Waals surface area contributed by atoms with Crippen molar-refractivity contribution in [2.75, 3.05) is 5.32 Å². The van der Waals surface area contributed by atoms with Crippen LogP contribution in [0, 0.1) is 17.3 Å². The second-order valence-corrected chi connectivity index (χ2v) is 8.66. The first-order valence-electron chi connectivity index (χ1n) is 9.44. The van der Waals surface area contributed by atoms with E-state index in [9.17, 15) is 9.59 Å². The van der Waals surface area contributed by atoms with Crippen LogP contribution in [0.1, 0.15) is 49.4 Å². The largest absolute Gasteiger partial charge is 0.302 e. The summed E-state index contributed by atoms with van der Waals surface area (Å²) in [5, 5.41) is 5.43. The molecule has 1 N–H and O–H groups in total. The van der Waals surface area contributed by atoms with Gasteiger partial charge in [-0.15, -0.1) is 11.3 Å². The van der Waals surface area contributed by atoms with Gasteiger partial charge in [-0.25, -0.2) is 4.98 Å². The van der Waals surface area contributed by atoms with Gasteiger partial charge in [-0.1, -0.05) is 12.1 Å². The maximum atomic E-state index is 13.0. The predicted molar refractivity (Wildman–Crippen MR) is 108 cm³/mol. The van der Waals surface area contributed by atoms with Gasteiger partial charge in [0.15, 0.2) is 10.9 Å². The predicted octanol–water partition coefficient (Wildman–Crippen LogP) is 4.88. The Morgan fingerprint density at radius 1 is 1.26 bits per heavy atom. The van der Waals surface area contributed by atoms with Crippen LogP contribution in [0.25, 0.3) is 0 Å². The topological polar surface area (TPSA) is 71.4 Å². The van der Waals surface area contributed by atoms with Crippen LogP contribution in [-0.4, -0.2) is 22.9 Å². The Hall–Kier alpha value is -2.34.